The molecule has 30 heavy (non-hydrogen) atoms. The molecule has 3 rings (SSSR count). The van der Waals surface area contributed by atoms with Crippen LogP contribution in [0.3, 0.4) is 0 Å². The minimum Gasteiger partial charge on any atom is -0.483 e. The van der Waals surface area contributed by atoms with Gasteiger partial charge in [0.2, 0.25) is 0 Å². The number of hydrogen-bond acceptors (Lipinski definition) is 7. The van der Waals surface area contributed by atoms with Crippen LogP contribution >= 0.6 is 11.8 Å². The van der Waals surface area contributed by atoms with Crippen LogP contribution in [0, 0.1) is 5.82 Å². The fourth-order valence-electron chi connectivity index (χ4n) is 2.18. The fourth-order valence-corrected chi connectivity index (χ4v) is 2.92. The van der Waals surface area contributed by atoms with Gasteiger partial charge < -0.3 is 20.7 Å². The predicted molar refractivity (Wildman–Crippen MR) is 107 cm³/mol. The average molecular weight is 434 g/mol. The van der Waals surface area contributed by atoms with E-state index in [1.165, 1.54) is 17.8 Å². The molecule has 4 N–H and O–H groups in total. The zero-order valence-corrected chi connectivity index (χ0v) is 16.5. The van der Waals surface area contributed by atoms with Crippen LogP contribution in [-0.4, -0.2) is 49.2 Å². The molecule has 0 fully saturated rings. The summed E-state index contributed by atoms with van der Waals surface area (Å²) in [7, 11) is 0. The lowest BCUT2D eigenvalue weighted by Gasteiger charge is -2.11. The van der Waals surface area contributed by atoms with E-state index in [-0.39, 0.29) is 12.4 Å². The molecule has 158 valence electrons. The van der Waals surface area contributed by atoms with Gasteiger partial charge in [-0.3, -0.25) is 4.57 Å². The molecule has 0 saturated carbocycles. The van der Waals surface area contributed by atoms with Crippen molar-refractivity contribution in [3.8, 4) is 11.4 Å². The summed E-state index contributed by atoms with van der Waals surface area (Å²) in [6.07, 6.45) is 0. The predicted octanol–water partition coefficient (Wildman–Crippen LogP) is 2.19. The molecule has 3 aromatic rings. The molecule has 1 heterocycles. The highest BCUT2D eigenvalue weighted by Gasteiger charge is 2.15. The van der Waals surface area contributed by atoms with E-state index >= 15 is 0 Å². The molecule has 9 nitrogen and oxygen atoms in total. The van der Waals surface area contributed by atoms with Crippen LogP contribution in [0.2, 0.25) is 0 Å². The molecule has 0 aliphatic rings. The Hall–Kier alpha value is -3.44. The molecule has 0 bridgehead atoms. The third-order valence-electron chi connectivity index (χ3n) is 3.44. The Kier molecular flexibility index (Phi) is 8.78. The number of carbonyl (C=O) groups is 2. The lowest BCUT2D eigenvalue weighted by Crippen LogP contribution is -2.09. The van der Waals surface area contributed by atoms with Gasteiger partial charge in [-0.25, -0.2) is 14.0 Å². The van der Waals surface area contributed by atoms with Crippen molar-refractivity contribution in [1.82, 2.24) is 14.8 Å². The van der Waals surface area contributed by atoms with Crippen LogP contribution in [-0.2, 0) is 16.2 Å². The summed E-state index contributed by atoms with van der Waals surface area (Å²) in [5.41, 5.74) is 6.50. The van der Waals surface area contributed by atoms with E-state index in [9.17, 15) is 4.39 Å². The van der Waals surface area contributed by atoms with Gasteiger partial charge in [-0.05, 0) is 24.3 Å². The Morgan fingerprint density at radius 2 is 1.67 bits per heavy atom. The Labute approximate surface area is 175 Å². The molecular formula is C19H19FN4O5S. The second-order valence-corrected chi connectivity index (χ2v) is 6.60. The summed E-state index contributed by atoms with van der Waals surface area (Å²) < 4.78 is 21.2. The van der Waals surface area contributed by atoms with Crippen LogP contribution in [0.25, 0.3) is 5.69 Å². The molecule has 0 spiro atoms. The number of aliphatic carboxylic acids is 2. The first kappa shape index (κ1) is 22.8. The van der Waals surface area contributed by atoms with Crippen LogP contribution in [0.5, 0.6) is 5.75 Å². The van der Waals surface area contributed by atoms with E-state index in [4.69, 9.17) is 30.3 Å². The van der Waals surface area contributed by atoms with Gasteiger partial charge in [0, 0.05) is 18.0 Å². The quantitative estimate of drug-likeness (QED) is 0.377. The monoisotopic (exact) mass is 434 g/mol. The lowest BCUT2D eigenvalue weighted by molar-refractivity contribution is -0.159. The molecule has 1 aromatic heterocycles. The van der Waals surface area contributed by atoms with Gasteiger partial charge in [-0.1, -0.05) is 42.1 Å². The molecule has 0 radical (unpaired) electrons. The molecule has 2 aromatic carbocycles. The molecule has 0 amide bonds. The summed E-state index contributed by atoms with van der Waals surface area (Å²) in [6.45, 7) is 0.666. The number of carboxylic acids is 2. The highest BCUT2D eigenvalue weighted by Crippen LogP contribution is 2.23. The average Bonchev–Trinajstić information content (AvgIpc) is 3.15. The first-order valence-electron chi connectivity index (χ1n) is 8.60. The van der Waals surface area contributed by atoms with Gasteiger partial charge in [-0.2, -0.15) is 0 Å². The Bertz CT molecular complexity index is 972. The second kappa shape index (κ2) is 11.5. The van der Waals surface area contributed by atoms with E-state index in [1.807, 2.05) is 34.9 Å². The third-order valence-corrected chi connectivity index (χ3v) is 4.40. The van der Waals surface area contributed by atoms with Gasteiger partial charge in [0.05, 0.1) is 0 Å². The van der Waals surface area contributed by atoms with Crippen molar-refractivity contribution < 1.29 is 28.9 Å². The molecule has 0 aliphatic carbocycles. The summed E-state index contributed by atoms with van der Waals surface area (Å²) in [6, 6.07) is 16.0. The number of nitrogens with zero attached hydrogens (tertiary/aromatic N) is 3. The van der Waals surface area contributed by atoms with Gasteiger partial charge in [0.1, 0.15) is 6.61 Å². The minimum atomic E-state index is -1.82. The van der Waals surface area contributed by atoms with Crippen molar-refractivity contribution in [2.75, 3.05) is 12.3 Å². The van der Waals surface area contributed by atoms with Gasteiger partial charge >= 0.3 is 11.9 Å². The molecular weight excluding hydrogens is 415 g/mol. The normalized spacial score (nSPS) is 10.1. The number of aromatic nitrogens is 3. The molecule has 0 atom stereocenters. The van der Waals surface area contributed by atoms with Crippen LogP contribution in [0.15, 0.2) is 59.8 Å². The number of halogens is 1. The van der Waals surface area contributed by atoms with Crippen LogP contribution in [0.4, 0.5) is 4.39 Å². The van der Waals surface area contributed by atoms with Crippen LogP contribution < -0.4 is 10.5 Å². The minimum absolute atomic E-state index is 0.117. The second-order valence-electron chi connectivity index (χ2n) is 5.54. The van der Waals surface area contributed by atoms with Gasteiger partial charge in [0.25, 0.3) is 0 Å². The van der Waals surface area contributed by atoms with Crippen molar-refractivity contribution in [3.63, 3.8) is 0 Å². The smallest absolute Gasteiger partial charge is 0.414 e. The van der Waals surface area contributed by atoms with E-state index in [1.54, 1.807) is 18.2 Å². The number of thioether (sulfide) groups is 1. The zero-order chi connectivity index (χ0) is 21.9. The van der Waals surface area contributed by atoms with Gasteiger partial charge in [0.15, 0.2) is 22.5 Å². The first-order valence-corrected chi connectivity index (χ1v) is 9.58. The number of carboxylic acid groups (broad SMARTS) is 2. The maximum Gasteiger partial charge on any atom is 0.414 e. The molecule has 0 saturated heterocycles. The molecule has 11 heteroatoms. The maximum atomic E-state index is 13.7. The standard InChI is InChI=1S/C17H17FN4OS.C2H2O4/c18-14-8-4-5-9-15(14)23-12-16-20-21-17(24-11-10-19)22(16)13-6-2-1-3-7-13;3-1(4)2(5)6/h1-9H,10-12,19H2;(H,3,4)(H,5,6). The van der Waals surface area contributed by atoms with Crippen molar-refractivity contribution in [1.29, 1.82) is 0 Å². The number of nitrogens with two attached hydrogens (primary N) is 1. The molecule has 0 unspecified atom stereocenters. The largest absolute Gasteiger partial charge is 0.483 e. The van der Waals surface area contributed by atoms with Crippen molar-refractivity contribution >= 4 is 23.7 Å². The SMILES string of the molecule is NCCSc1nnc(COc2ccccc2F)n1-c1ccccc1.O=C(O)C(=O)O. The van der Waals surface area contributed by atoms with Crippen molar-refractivity contribution in [3.05, 3.63) is 66.2 Å². The van der Waals surface area contributed by atoms with E-state index < -0.39 is 17.8 Å². The Morgan fingerprint density at radius 3 is 2.27 bits per heavy atom. The van der Waals surface area contributed by atoms with Crippen LogP contribution in [0.1, 0.15) is 5.82 Å². The summed E-state index contributed by atoms with van der Waals surface area (Å²) in [4.78, 5) is 18.2. The highest BCUT2D eigenvalue weighted by atomic mass is 32.2. The van der Waals surface area contributed by atoms with Crippen molar-refractivity contribution in [2.24, 2.45) is 5.73 Å². The Balaban J connectivity index is 0.000000469. The highest BCUT2D eigenvalue weighted by molar-refractivity contribution is 7.99. The molecule has 0 aliphatic heterocycles. The zero-order valence-electron chi connectivity index (χ0n) is 15.6. The van der Waals surface area contributed by atoms with Crippen molar-refractivity contribution in [2.45, 2.75) is 11.8 Å². The summed E-state index contributed by atoms with van der Waals surface area (Å²) in [5.74, 6) is -2.52. The topological polar surface area (TPSA) is 141 Å². The van der Waals surface area contributed by atoms with Gasteiger partial charge in [-0.15, -0.1) is 10.2 Å². The van der Waals surface area contributed by atoms with E-state index in [2.05, 4.69) is 10.2 Å². The Morgan fingerprint density at radius 1 is 1.03 bits per heavy atom. The summed E-state index contributed by atoms with van der Waals surface area (Å²) in [5, 5.41) is 23.9. The van der Waals surface area contributed by atoms with E-state index in [0.29, 0.717) is 12.4 Å². The number of rotatable bonds is 7. The number of benzene rings is 2. The lowest BCUT2D eigenvalue weighted by atomic mass is 10.3. The summed E-state index contributed by atoms with van der Waals surface area (Å²) >= 11 is 1.52. The third kappa shape index (κ3) is 6.57. The number of para-hydroxylation sites is 2. The fraction of sp³-hybridized carbons (Fsp3) is 0.158. The number of hydrogen-bond donors (Lipinski definition) is 3. The first-order chi connectivity index (χ1) is 14.4. The van der Waals surface area contributed by atoms with E-state index in [0.717, 1.165) is 16.6 Å². The number of ether oxygens (including phenoxy) is 1. The maximum absolute atomic E-state index is 13.7.